The van der Waals surface area contributed by atoms with Crippen LogP contribution in [0, 0.1) is 0 Å². The van der Waals surface area contributed by atoms with Gasteiger partial charge in [0.2, 0.25) is 0 Å². The van der Waals surface area contributed by atoms with Crippen molar-refractivity contribution in [3.8, 4) is 11.5 Å². The lowest BCUT2D eigenvalue weighted by atomic mass is 10.2. The fourth-order valence-electron chi connectivity index (χ4n) is 2.08. The molecule has 0 aromatic carbocycles. The van der Waals surface area contributed by atoms with E-state index in [1.165, 1.54) is 0 Å². The van der Waals surface area contributed by atoms with Gasteiger partial charge in [0, 0.05) is 18.1 Å². The lowest BCUT2D eigenvalue weighted by Gasteiger charge is -2.05. The Labute approximate surface area is 98.3 Å². The van der Waals surface area contributed by atoms with Crippen molar-refractivity contribution in [1.82, 2.24) is 19.4 Å². The third-order valence-electron chi connectivity index (χ3n) is 2.84. The van der Waals surface area contributed by atoms with Crippen molar-refractivity contribution in [2.45, 2.75) is 13.3 Å². The third kappa shape index (κ3) is 1.39. The first-order chi connectivity index (χ1) is 8.31. The maximum absolute atomic E-state index is 5.98. The molecule has 0 bridgehead atoms. The van der Waals surface area contributed by atoms with E-state index in [1.807, 2.05) is 16.5 Å². The van der Waals surface area contributed by atoms with E-state index in [4.69, 9.17) is 5.73 Å². The van der Waals surface area contributed by atoms with Crippen LogP contribution in [0.15, 0.2) is 30.6 Å². The summed E-state index contributed by atoms with van der Waals surface area (Å²) in [6.07, 6.45) is 4.41. The Balaban J connectivity index is 2.40. The summed E-state index contributed by atoms with van der Waals surface area (Å²) in [6, 6.07) is 6.01. The van der Waals surface area contributed by atoms with Gasteiger partial charge in [0.15, 0.2) is 11.6 Å². The van der Waals surface area contributed by atoms with Crippen molar-refractivity contribution in [1.29, 1.82) is 0 Å². The lowest BCUT2D eigenvalue weighted by Crippen LogP contribution is -1.99. The van der Waals surface area contributed by atoms with Gasteiger partial charge in [-0.05, 0) is 18.6 Å². The molecule has 0 spiro atoms. The van der Waals surface area contributed by atoms with Gasteiger partial charge in [0.25, 0.3) is 0 Å². The van der Waals surface area contributed by atoms with Gasteiger partial charge in [-0.1, -0.05) is 13.0 Å². The molecular weight excluding hydrogens is 214 g/mol. The third-order valence-corrected chi connectivity index (χ3v) is 2.84. The Morgan fingerprint density at radius 3 is 3.00 bits per heavy atom. The van der Waals surface area contributed by atoms with E-state index in [9.17, 15) is 0 Å². The van der Waals surface area contributed by atoms with E-state index in [2.05, 4.69) is 27.9 Å². The molecule has 17 heavy (non-hydrogen) atoms. The van der Waals surface area contributed by atoms with Crippen molar-refractivity contribution in [3.05, 3.63) is 36.3 Å². The molecule has 3 rings (SSSR count). The van der Waals surface area contributed by atoms with Crippen LogP contribution in [0.1, 0.15) is 12.6 Å². The number of nitrogen functional groups attached to an aromatic ring is 1. The van der Waals surface area contributed by atoms with Gasteiger partial charge in [-0.2, -0.15) is 0 Å². The molecule has 3 heterocycles. The van der Waals surface area contributed by atoms with Gasteiger partial charge in [-0.3, -0.25) is 4.40 Å². The van der Waals surface area contributed by atoms with Crippen LogP contribution in [0.25, 0.3) is 17.2 Å². The number of nitrogens with two attached hydrogens (primary N) is 1. The SMILES string of the molecule is CCc1cccc2nc(N)c(-c3ncc[nH]3)n12. The fourth-order valence-corrected chi connectivity index (χ4v) is 2.08. The number of hydrogen-bond acceptors (Lipinski definition) is 3. The van der Waals surface area contributed by atoms with Gasteiger partial charge < -0.3 is 10.7 Å². The molecule has 0 saturated heterocycles. The van der Waals surface area contributed by atoms with Crippen LogP contribution in [0.4, 0.5) is 5.82 Å². The minimum absolute atomic E-state index is 0.501. The van der Waals surface area contributed by atoms with Crippen LogP contribution in [-0.2, 0) is 6.42 Å². The molecule has 0 aliphatic carbocycles. The van der Waals surface area contributed by atoms with Gasteiger partial charge in [-0.25, -0.2) is 9.97 Å². The van der Waals surface area contributed by atoms with Gasteiger partial charge >= 0.3 is 0 Å². The first-order valence-electron chi connectivity index (χ1n) is 5.57. The average Bonchev–Trinajstić information content (AvgIpc) is 2.93. The second-order valence-corrected chi connectivity index (χ2v) is 3.85. The van der Waals surface area contributed by atoms with E-state index < -0.39 is 0 Å². The zero-order valence-electron chi connectivity index (χ0n) is 9.51. The number of imidazole rings is 2. The zero-order valence-corrected chi connectivity index (χ0v) is 9.51. The molecule has 5 nitrogen and oxygen atoms in total. The lowest BCUT2D eigenvalue weighted by molar-refractivity contribution is 0.977. The molecule has 3 aromatic heterocycles. The zero-order chi connectivity index (χ0) is 11.8. The van der Waals surface area contributed by atoms with Crippen LogP contribution in [0.3, 0.4) is 0 Å². The molecule has 3 aromatic rings. The maximum atomic E-state index is 5.98. The molecule has 3 N–H and O–H groups in total. The summed E-state index contributed by atoms with van der Waals surface area (Å²) in [5, 5.41) is 0. The Morgan fingerprint density at radius 2 is 2.29 bits per heavy atom. The number of nitrogens with zero attached hydrogens (tertiary/aromatic N) is 3. The van der Waals surface area contributed by atoms with Crippen molar-refractivity contribution in [2.24, 2.45) is 0 Å². The number of aryl methyl sites for hydroxylation is 1. The number of H-pyrrole nitrogens is 1. The number of anilines is 1. The van der Waals surface area contributed by atoms with Crippen LogP contribution >= 0.6 is 0 Å². The predicted octanol–water partition coefficient (Wildman–Crippen LogP) is 1.87. The Morgan fingerprint density at radius 1 is 1.41 bits per heavy atom. The molecular formula is C12H13N5. The number of rotatable bonds is 2. The normalized spacial score (nSPS) is 11.1. The highest BCUT2D eigenvalue weighted by Gasteiger charge is 2.15. The van der Waals surface area contributed by atoms with Crippen LogP contribution in [0.5, 0.6) is 0 Å². The monoisotopic (exact) mass is 227 g/mol. The summed E-state index contributed by atoms with van der Waals surface area (Å²) < 4.78 is 2.05. The molecule has 0 amide bonds. The minimum Gasteiger partial charge on any atom is -0.382 e. The molecule has 0 atom stereocenters. The number of nitrogens with one attached hydrogen (secondary N) is 1. The largest absolute Gasteiger partial charge is 0.382 e. The molecule has 5 heteroatoms. The van der Waals surface area contributed by atoms with E-state index in [0.717, 1.165) is 29.3 Å². The molecule has 86 valence electrons. The van der Waals surface area contributed by atoms with Crippen molar-refractivity contribution in [3.63, 3.8) is 0 Å². The molecule has 0 radical (unpaired) electrons. The molecule has 0 unspecified atom stereocenters. The number of fused-ring (bicyclic) bond motifs is 1. The van der Waals surface area contributed by atoms with Crippen molar-refractivity contribution in [2.75, 3.05) is 5.73 Å². The number of pyridine rings is 1. The summed E-state index contributed by atoms with van der Waals surface area (Å²) in [7, 11) is 0. The van der Waals surface area contributed by atoms with Crippen molar-refractivity contribution >= 4 is 11.5 Å². The number of hydrogen-bond donors (Lipinski definition) is 2. The highest BCUT2D eigenvalue weighted by Crippen LogP contribution is 2.25. The minimum atomic E-state index is 0.501. The van der Waals surface area contributed by atoms with E-state index >= 15 is 0 Å². The number of aromatic nitrogens is 4. The highest BCUT2D eigenvalue weighted by atomic mass is 15.1. The Kier molecular flexibility index (Phi) is 2.11. The fraction of sp³-hybridized carbons (Fsp3) is 0.167. The Bertz CT molecular complexity index is 651. The first-order valence-corrected chi connectivity index (χ1v) is 5.57. The summed E-state index contributed by atoms with van der Waals surface area (Å²) in [6.45, 7) is 2.11. The second-order valence-electron chi connectivity index (χ2n) is 3.85. The molecule has 0 aliphatic rings. The van der Waals surface area contributed by atoms with Crippen LogP contribution < -0.4 is 5.73 Å². The summed E-state index contributed by atoms with van der Waals surface area (Å²) in [4.78, 5) is 11.7. The molecule has 0 aliphatic heterocycles. The van der Waals surface area contributed by atoms with Crippen LogP contribution in [0.2, 0.25) is 0 Å². The van der Waals surface area contributed by atoms with Crippen LogP contribution in [-0.4, -0.2) is 19.4 Å². The quantitative estimate of drug-likeness (QED) is 0.702. The molecule has 0 saturated carbocycles. The topological polar surface area (TPSA) is 72.0 Å². The van der Waals surface area contributed by atoms with Crippen molar-refractivity contribution < 1.29 is 0 Å². The summed E-state index contributed by atoms with van der Waals surface area (Å²) in [5.41, 5.74) is 8.83. The highest BCUT2D eigenvalue weighted by molar-refractivity contribution is 5.71. The van der Waals surface area contributed by atoms with Gasteiger partial charge in [0.05, 0.1) is 0 Å². The summed E-state index contributed by atoms with van der Waals surface area (Å²) in [5.74, 6) is 1.25. The second kappa shape index (κ2) is 3.62. The predicted molar refractivity (Wildman–Crippen MR) is 66.6 cm³/mol. The maximum Gasteiger partial charge on any atom is 0.158 e. The van der Waals surface area contributed by atoms with Gasteiger partial charge in [0.1, 0.15) is 11.3 Å². The number of aromatic amines is 1. The van der Waals surface area contributed by atoms with Gasteiger partial charge in [-0.15, -0.1) is 0 Å². The molecule has 0 fully saturated rings. The smallest absolute Gasteiger partial charge is 0.158 e. The van der Waals surface area contributed by atoms with E-state index in [0.29, 0.717) is 5.82 Å². The standard InChI is InChI=1S/C12H13N5/c1-2-8-4-3-5-9-16-11(13)10(17(8)9)12-14-6-7-15-12/h3-7H,2,13H2,1H3,(H,14,15). The Hall–Kier alpha value is -2.30. The van der Waals surface area contributed by atoms with E-state index in [-0.39, 0.29) is 0 Å². The average molecular weight is 227 g/mol. The first kappa shape index (κ1) is 9.89. The van der Waals surface area contributed by atoms with E-state index in [1.54, 1.807) is 12.4 Å². The summed E-state index contributed by atoms with van der Waals surface area (Å²) >= 11 is 0.